The first-order valence-corrected chi connectivity index (χ1v) is 11.8. The SMILES string of the molecule is CC(Nc1ccc(C(=O)NCC2(c3cccc(Cl)c3)CCOCC2)cc1[N+](=O)[O-])c1ccccn1. The van der Waals surface area contributed by atoms with Gasteiger partial charge in [0.05, 0.1) is 16.7 Å². The van der Waals surface area contributed by atoms with Crippen molar-refractivity contribution in [2.45, 2.75) is 31.2 Å². The smallest absolute Gasteiger partial charge is 0.293 e. The van der Waals surface area contributed by atoms with Crippen LogP contribution in [0.4, 0.5) is 11.4 Å². The Kier molecular flexibility index (Phi) is 7.63. The molecule has 0 spiro atoms. The third-order valence-electron chi connectivity index (χ3n) is 6.43. The van der Waals surface area contributed by atoms with Gasteiger partial charge in [0.25, 0.3) is 11.6 Å². The number of nitrogens with one attached hydrogen (secondary N) is 2. The first-order chi connectivity index (χ1) is 16.9. The molecule has 2 N–H and O–H groups in total. The van der Waals surface area contributed by atoms with Crippen molar-refractivity contribution in [1.29, 1.82) is 0 Å². The quantitative estimate of drug-likeness (QED) is 0.325. The standard InChI is InChI=1S/C26H27ClN4O4/c1-18(22-7-2-3-12-28-22)30-23-9-8-19(15-24(23)31(33)34)25(32)29-17-26(10-13-35-14-11-26)20-5-4-6-21(27)16-20/h2-9,12,15-16,18,30H,10-11,13-14,17H2,1H3,(H,29,32). The second kappa shape index (κ2) is 10.8. The molecule has 1 aliphatic heterocycles. The molecule has 35 heavy (non-hydrogen) atoms. The van der Waals surface area contributed by atoms with Gasteiger partial charge in [0.1, 0.15) is 5.69 Å². The van der Waals surface area contributed by atoms with E-state index in [1.807, 2.05) is 49.4 Å². The molecule has 1 unspecified atom stereocenters. The van der Waals surface area contributed by atoms with E-state index in [0.717, 1.165) is 24.1 Å². The molecule has 2 aromatic carbocycles. The van der Waals surface area contributed by atoms with Gasteiger partial charge in [-0.3, -0.25) is 19.9 Å². The number of aromatic nitrogens is 1. The second-order valence-corrected chi connectivity index (χ2v) is 9.13. The zero-order chi connectivity index (χ0) is 24.8. The number of benzene rings is 2. The first kappa shape index (κ1) is 24.6. The Labute approximate surface area is 208 Å². The number of pyridine rings is 1. The van der Waals surface area contributed by atoms with Gasteiger partial charge in [-0.2, -0.15) is 0 Å². The molecular weight excluding hydrogens is 468 g/mol. The molecule has 1 atom stereocenters. The third kappa shape index (κ3) is 5.78. The second-order valence-electron chi connectivity index (χ2n) is 8.70. The van der Waals surface area contributed by atoms with E-state index in [1.165, 1.54) is 6.07 Å². The molecule has 1 amide bonds. The van der Waals surface area contributed by atoms with Crippen molar-refractivity contribution in [3.8, 4) is 0 Å². The Morgan fingerprint density at radius 1 is 1.17 bits per heavy atom. The third-order valence-corrected chi connectivity index (χ3v) is 6.67. The number of nitrogens with zero attached hydrogens (tertiary/aromatic N) is 2. The average molecular weight is 495 g/mol. The molecule has 1 aliphatic rings. The van der Waals surface area contributed by atoms with Gasteiger partial charge < -0.3 is 15.4 Å². The molecule has 0 radical (unpaired) electrons. The Bertz CT molecular complexity index is 1200. The summed E-state index contributed by atoms with van der Waals surface area (Å²) < 4.78 is 5.55. The van der Waals surface area contributed by atoms with Gasteiger partial charge in [-0.25, -0.2) is 0 Å². The van der Waals surface area contributed by atoms with Crippen molar-refractivity contribution in [2.24, 2.45) is 0 Å². The minimum Gasteiger partial charge on any atom is -0.381 e. The van der Waals surface area contributed by atoms with Crippen molar-refractivity contribution < 1.29 is 14.5 Å². The van der Waals surface area contributed by atoms with E-state index in [4.69, 9.17) is 16.3 Å². The van der Waals surface area contributed by atoms with Gasteiger partial charge in [-0.1, -0.05) is 29.8 Å². The van der Waals surface area contributed by atoms with E-state index in [0.29, 0.717) is 30.5 Å². The number of amides is 1. The number of halogens is 1. The molecule has 1 aromatic heterocycles. The highest BCUT2D eigenvalue weighted by Gasteiger charge is 2.35. The summed E-state index contributed by atoms with van der Waals surface area (Å²) in [7, 11) is 0. The molecule has 2 heterocycles. The Balaban J connectivity index is 1.51. The lowest BCUT2D eigenvalue weighted by atomic mass is 9.74. The molecule has 182 valence electrons. The maximum Gasteiger partial charge on any atom is 0.293 e. The van der Waals surface area contributed by atoms with Gasteiger partial charge in [0, 0.05) is 48.0 Å². The molecule has 4 rings (SSSR count). The van der Waals surface area contributed by atoms with Crippen LogP contribution in [-0.2, 0) is 10.2 Å². The van der Waals surface area contributed by atoms with Crippen molar-refractivity contribution in [2.75, 3.05) is 25.1 Å². The summed E-state index contributed by atoms with van der Waals surface area (Å²) in [6.07, 6.45) is 3.15. The normalized spacial score (nSPS) is 15.7. The number of anilines is 1. The highest BCUT2D eigenvalue weighted by molar-refractivity contribution is 6.30. The zero-order valence-electron chi connectivity index (χ0n) is 19.4. The van der Waals surface area contributed by atoms with Crippen LogP contribution in [0.15, 0.2) is 66.9 Å². The maximum absolute atomic E-state index is 13.0. The van der Waals surface area contributed by atoms with E-state index in [2.05, 4.69) is 15.6 Å². The lowest BCUT2D eigenvalue weighted by Gasteiger charge is -2.38. The van der Waals surface area contributed by atoms with Crippen LogP contribution in [0.1, 0.15) is 47.4 Å². The van der Waals surface area contributed by atoms with Crippen LogP contribution >= 0.6 is 11.6 Å². The summed E-state index contributed by atoms with van der Waals surface area (Å²) in [5.74, 6) is -0.370. The van der Waals surface area contributed by atoms with Gasteiger partial charge in [-0.15, -0.1) is 0 Å². The van der Waals surface area contributed by atoms with Crippen molar-refractivity contribution in [3.05, 3.63) is 98.8 Å². The Morgan fingerprint density at radius 3 is 2.66 bits per heavy atom. The number of nitro benzene ring substituents is 1. The van der Waals surface area contributed by atoms with Crippen LogP contribution in [0.3, 0.4) is 0 Å². The van der Waals surface area contributed by atoms with E-state index >= 15 is 0 Å². The molecule has 0 aliphatic carbocycles. The Morgan fingerprint density at radius 2 is 1.97 bits per heavy atom. The van der Waals surface area contributed by atoms with E-state index in [-0.39, 0.29) is 28.6 Å². The average Bonchev–Trinajstić information content (AvgIpc) is 2.88. The van der Waals surface area contributed by atoms with Crippen LogP contribution in [0, 0.1) is 10.1 Å². The fraction of sp³-hybridized carbons (Fsp3) is 0.308. The fourth-order valence-electron chi connectivity index (χ4n) is 4.38. The van der Waals surface area contributed by atoms with Crippen LogP contribution < -0.4 is 10.6 Å². The first-order valence-electron chi connectivity index (χ1n) is 11.5. The van der Waals surface area contributed by atoms with Crippen LogP contribution in [0.2, 0.25) is 5.02 Å². The molecule has 1 fully saturated rings. The predicted molar refractivity (Wildman–Crippen MR) is 135 cm³/mol. The minimum absolute atomic E-state index is 0.170. The monoisotopic (exact) mass is 494 g/mol. The van der Waals surface area contributed by atoms with Gasteiger partial charge >= 0.3 is 0 Å². The summed E-state index contributed by atoms with van der Waals surface area (Å²) in [4.78, 5) is 28.6. The molecule has 1 saturated heterocycles. The van der Waals surface area contributed by atoms with Crippen molar-refractivity contribution in [3.63, 3.8) is 0 Å². The minimum atomic E-state index is -0.490. The Hall–Kier alpha value is -3.49. The summed E-state index contributed by atoms with van der Waals surface area (Å²) in [5.41, 5.74) is 1.86. The van der Waals surface area contributed by atoms with Gasteiger partial charge in [0.2, 0.25) is 0 Å². The fourth-order valence-corrected chi connectivity index (χ4v) is 4.58. The van der Waals surface area contributed by atoms with E-state index in [1.54, 1.807) is 18.3 Å². The predicted octanol–water partition coefficient (Wildman–Crippen LogP) is 5.29. The molecule has 3 aromatic rings. The van der Waals surface area contributed by atoms with Crippen LogP contribution in [0.5, 0.6) is 0 Å². The van der Waals surface area contributed by atoms with Crippen LogP contribution in [0.25, 0.3) is 0 Å². The number of nitro groups is 1. The van der Waals surface area contributed by atoms with E-state index in [9.17, 15) is 14.9 Å². The topological polar surface area (TPSA) is 106 Å². The summed E-state index contributed by atoms with van der Waals surface area (Å²) in [6.45, 7) is 3.42. The zero-order valence-corrected chi connectivity index (χ0v) is 20.1. The summed E-state index contributed by atoms with van der Waals surface area (Å²) in [5, 5.41) is 18.5. The maximum atomic E-state index is 13.0. The van der Waals surface area contributed by atoms with E-state index < -0.39 is 4.92 Å². The van der Waals surface area contributed by atoms with Crippen molar-refractivity contribution in [1.82, 2.24) is 10.3 Å². The van der Waals surface area contributed by atoms with Gasteiger partial charge in [0.15, 0.2) is 0 Å². The van der Waals surface area contributed by atoms with Crippen LogP contribution in [-0.4, -0.2) is 35.6 Å². The largest absolute Gasteiger partial charge is 0.381 e. The number of hydrogen-bond donors (Lipinski definition) is 2. The lowest BCUT2D eigenvalue weighted by molar-refractivity contribution is -0.384. The molecule has 0 saturated carbocycles. The number of carbonyl (C=O) groups is 1. The van der Waals surface area contributed by atoms with Crippen molar-refractivity contribution >= 4 is 28.9 Å². The molecular formula is C26H27ClN4O4. The number of rotatable bonds is 8. The number of ether oxygens (including phenoxy) is 1. The summed E-state index contributed by atoms with van der Waals surface area (Å²) >= 11 is 6.23. The molecule has 9 heteroatoms. The molecule has 0 bridgehead atoms. The number of carbonyl (C=O) groups excluding carboxylic acids is 1. The van der Waals surface area contributed by atoms with Gasteiger partial charge in [-0.05, 0) is 61.7 Å². The highest BCUT2D eigenvalue weighted by atomic mass is 35.5. The molecule has 8 nitrogen and oxygen atoms in total. The lowest BCUT2D eigenvalue weighted by Crippen LogP contribution is -2.44. The number of hydrogen-bond acceptors (Lipinski definition) is 6. The highest BCUT2D eigenvalue weighted by Crippen LogP contribution is 2.36. The summed E-state index contributed by atoms with van der Waals surface area (Å²) in [6, 6.07) is 17.4.